The lowest BCUT2D eigenvalue weighted by Gasteiger charge is -2.36. The molecule has 1 aliphatic rings. The van der Waals surface area contributed by atoms with Crippen LogP contribution in [0.3, 0.4) is 0 Å². The molecule has 0 N–H and O–H groups in total. The van der Waals surface area contributed by atoms with Crippen molar-refractivity contribution >= 4 is 42.8 Å². The molecule has 7 heteroatoms. The number of nitrogens with zero attached hydrogens (tertiary/aromatic N) is 4. The molecule has 271 valence electrons. The first kappa shape index (κ1) is 37.9. The van der Waals surface area contributed by atoms with Gasteiger partial charge in [0.25, 0.3) is 0 Å². The minimum absolute atomic E-state index is 0.351. The monoisotopic (exact) mass is 725 g/mol. The number of methoxy groups -OCH3 is 1. The summed E-state index contributed by atoms with van der Waals surface area (Å²) in [6.07, 6.45) is 0. The highest BCUT2D eigenvalue weighted by Crippen LogP contribution is 2.39. The SMILES string of the molecule is COc1ccc2c(c1)[Si](c1ccccc1CN(C)C)(c1ccccc1CN(C)C)C[C@@H]2[Si](c1ccccc1CN(C)C)c1ccccc1CN(C)C. The summed E-state index contributed by atoms with van der Waals surface area (Å²) in [5, 5.41) is 7.67. The van der Waals surface area contributed by atoms with Crippen molar-refractivity contribution in [1.82, 2.24) is 19.6 Å². The highest BCUT2D eigenvalue weighted by molar-refractivity contribution is 7.14. The second-order valence-electron chi connectivity index (χ2n) is 15.6. The van der Waals surface area contributed by atoms with E-state index in [2.05, 4.69) is 191 Å². The Kier molecular flexibility index (Phi) is 12.0. The zero-order valence-corrected chi connectivity index (χ0v) is 34.8. The summed E-state index contributed by atoms with van der Waals surface area (Å²) in [6, 6.07) is 45.7. The molecule has 1 heterocycles. The van der Waals surface area contributed by atoms with Crippen molar-refractivity contribution < 1.29 is 4.74 Å². The minimum Gasteiger partial charge on any atom is -0.497 e. The van der Waals surface area contributed by atoms with Crippen LogP contribution in [0.2, 0.25) is 6.04 Å². The number of fused-ring (bicyclic) bond motifs is 1. The van der Waals surface area contributed by atoms with Gasteiger partial charge in [-0.3, -0.25) is 0 Å². The van der Waals surface area contributed by atoms with E-state index in [0.717, 1.165) is 38.0 Å². The zero-order chi connectivity index (χ0) is 37.0. The summed E-state index contributed by atoms with van der Waals surface area (Å²) in [6.45, 7) is 3.64. The second kappa shape index (κ2) is 16.5. The topological polar surface area (TPSA) is 22.2 Å². The van der Waals surface area contributed by atoms with Gasteiger partial charge in [-0.25, -0.2) is 0 Å². The third-order valence-corrected chi connectivity index (χ3v) is 19.4. The fourth-order valence-electron chi connectivity index (χ4n) is 8.65. The van der Waals surface area contributed by atoms with Crippen molar-refractivity contribution in [2.24, 2.45) is 0 Å². The van der Waals surface area contributed by atoms with Crippen LogP contribution in [0.1, 0.15) is 33.4 Å². The van der Waals surface area contributed by atoms with Crippen LogP contribution in [0.25, 0.3) is 0 Å². The van der Waals surface area contributed by atoms with Gasteiger partial charge in [0.15, 0.2) is 0 Å². The number of rotatable bonds is 14. The van der Waals surface area contributed by atoms with E-state index >= 15 is 0 Å². The molecular weight excluding hydrogens is 669 g/mol. The fourth-order valence-corrected chi connectivity index (χ4v) is 19.4. The number of hydrogen-bond donors (Lipinski definition) is 0. The Labute approximate surface area is 316 Å². The quantitative estimate of drug-likeness (QED) is 0.159. The molecule has 0 bridgehead atoms. The first-order valence-corrected chi connectivity index (χ1v) is 22.3. The lowest BCUT2D eigenvalue weighted by atomic mass is 10.1. The largest absolute Gasteiger partial charge is 0.497 e. The molecule has 0 saturated heterocycles. The normalized spacial score (nSPS) is 15.3. The molecule has 0 aliphatic carbocycles. The van der Waals surface area contributed by atoms with Crippen molar-refractivity contribution in [2.45, 2.75) is 37.8 Å². The van der Waals surface area contributed by atoms with E-state index in [9.17, 15) is 0 Å². The molecule has 0 fully saturated rings. The molecule has 5 aromatic rings. The van der Waals surface area contributed by atoms with Gasteiger partial charge in [0.05, 0.1) is 7.11 Å². The highest BCUT2D eigenvalue weighted by atomic mass is 28.3. The van der Waals surface area contributed by atoms with Crippen LogP contribution in [-0.4, -0.2) is 100.0 Å². The van der Waals surface area contributed by atoms with Gasteiger partial charge in [-0.15, -0.1) is 0 Å². The van der Waals surface area contributed by atoms with Crippen LogP contribution in [0.4, 0.5) is 0 Å². The average Bonchev–Trinajstić information content (AvgIpc) is 3.44. The number of hydrogen-bond acceptors (Lipinski definition) is 5. The smallest absolute Gasteiger partial charge is 0.150 e. The molecule has 0 saturated carbocycles. The first-order chi connectivity index (χ1) is 25.0. The molecule has 0 amide bonds. The van der Waals surface area contributed by atoms with Gasteiger partial charge in [-0.05, 0) is 123 Å². The standard InChI is InChI=1S/C45H57N4OSi2/c1-46(2)29-34-18-10-14-22-40(34)51(41-23-15-11-19-35(41)30-47(3)4)42-33-52(45-28-38(50-9)26-27-39(42)45,43-24-16-12-20-36(43)31-48(5)6)44-25-17-13-21-37(44)32-49(7)8/h10-28,42H,29-33H2,1-9H3/t42-/m0/s1. The Bertz CT molecular complexity index is 1870. The van der Waals surface area contributed by atoms with Crippen LogP contribution >= 0.6 is 0 Å². The van der Waals surface area contributed by atoms with E-state index < -0.39 is 16.9 Å². The van der Waals surface area contributed by atoms with Gasteiger partial charge in [0.2, 0.25) is 0 Å². The fraction of sp³-hybridized carbons (Fsp3) is 0.333. The Balaban J connectivity index is 1.73. The summed E-state index contributed by atoms with van der Waals surface area (Å²) in [5.74, 6) is 0.946. The molecule has 5 aromatic carbocycles. The molecule has 1 atom stereocenters. The Hall–Kier alpha value is -3.83. The number of benzene rings is 5. The second-order valence-corrected chi connectivity index (χ2v) is 22.0. The minimum atomic E-state index is -2.69. The van der Waals surface area contributed by atoms with Crippen molar-refractivity contribution in [3.8, 4) is 5.75 Å². The third-order valence-electron chi connectivity index (χ3n) is 10.5. The highest BCUT2D eigenvalue weighted by Gasteiger charge is 2.53. The van der Waals surface area contributed by atoms with Gasteiger partial charge in [-0.1, -0.05) is 114 Å². The van der Waals surface area contributed by atoms with Gasteiger partial charge in [-0.2, -0.15) is 0 Å². The molecule has 0 unspecified atom stereocenters. The predicted molar refractivity (Wildman–Crippen MR) is 226 cm³/mol. The van der Waals surface area contributed by atoms with Gasteiger partial charge < -0.3 is 24.3 Å². The molecule has 0 spiro atoms. The van der Waals surface area contributed by atoms with Crippen LogP contribution in [0.5, 0.6) is 5.75 Å². The number of ether oxygens (including phenoxy) is 1. The Morgan fingerprint density at radius 1 is 0.519 bits per heavy atom. The van der Waals surface area contributed by atoms with Gasteiger partial charge >= 0.3 is 0 Å². The summed E-state index contributed by atoms with van der Waals surface area (Å²) in [7, 11) is 15.3. The summed E-state index contributed by atoms with van der Waals surface area (Å²) >= 11 is 0. The van der Waals surface area contributed by atoms with E-state index in [-0.39, 0.29) is 0 Å². The maximum absolute atomic E-state index is 6.09. The molecule has 1 radical (unpaired) electrons. The van der Waals surface area contributed by atoms with Crippen LogP contribution < -0.4 is 30.7 Å². The van der Waals surface area contributed by atoms with Crippen LogP contribution in [-0.2, 0) is 26.2 Å². The molecule has 0 aromatic heterocycles. The summed E-state index contributed by atoms with van der Waals surface area (Å²) in [4.78, 5) is 9.31. The summed E-state index contributed by atoms with van der Waals surface area (Å²) < 4.78 is 6.09. The van der Waals surface area contributed by atoms with Crippen LogP contribution in [0, 0.1) is 0 Å². The van der Waals surface area contributed by atoms with E-state index in [1.165, 1.54) is 53.8 Å². The molecule has 1 aliphatic heterocycles. The Morgan fingerprint density at radius 2 is 0.923 bits per heavy atom. The molecule has 52 heavy (non-hydrogen) atoms. The molecule has 5 nitrogen and oxygen atoms in total. The predicted octanol–water partition coefficient (Wildman–Crippen LogP) is 4.36. The van der Waals surface area contributed by atoms with Crippen LogP contribution in [0.15, 0.2) is 115 Å². The van der Waals surface area contributed by atoms with Gasteiger partial charge in [0.1, 0.15) is 22.6 Å². The van der Waals surface area contributed by atoms with Crippen molar-refractivity contribution in [1.29, 1.82) is 0 Å². The maximum atomic E-state index is 6.09. The lowest BCUT2D eigenvalue weighted by Crippen LogP contribution is -2.67. The van der Waals surface area contributed by atoms with E-state index in [1.807, 2.05) is 7.11 Å². The van der Waals surface area contributed by atoms with Crippen molar-refractivity contribution in [3.05, 3.63) is 143 Å². The Morgan fingerprint density at radius 3 is 1.37 bits per heavy atom. The van der Waals surface area contributed by atoms with Gasteiger partial charge in [0, 0.05) is 26.2 Å². The molecule has 6 rings (SSSR count). The first-order valence-electron chi connectivity index (χ1n) is 18.5. The zero-order valence-electron chi connectivity index (χ0n) is 32.8. The third kappa shape index (κ3) is 7.76. The maximum Gasteiger partial charge on any atom is 0.150 e. The lowest BCUT2D eigenvalue weighted by molar-refractivity contribution is 0.403. The van der Waals surface area contributed by atoms with E-state index in [4.69, 9.17) is 4.74 Å². The van der Waals surface area contributed by atoms with Crippen molar-refractivity contribution in [3.63, 3.8) is 0 Å². The van der Waals surface area contributed by atoms with Crippen molar-refractivity contribution in [2.75, 3.05) is 63.5 Å². The summed E-state index contributed by atoms with van der Waals surface area (Å²) in [5.41, 5.74) is 7.61. The molecular formula is C45H57N4OSi2. The average molecular weight is 726 g/mol. The van der Waals surface area contributed by atoms with E-state index in [0.29, 0.717) is 5.54 Å². The van der Waals surface area contributed by atoms with E-state index in [1.54, 1.807) is 0 Å².